The number of aliphatic imine (C=N–C) groups is 1. The zero-order valence-corrected chi connectivity index (χ0v) is 16.4. The van der Waals surface area contributed by atoms with Crippen molar-refractivity contribution in [1.29, 1.82) is 0 Å². The van der Waals surface area contributed by atoms with Crippen LogP contribution in [0.5, 0.6) is 0 Å². The summed E-state index contributed by atoms with van der Waals surface area (Å²) in [6.07, 6.45) is 4.68. The number of rotatable bonds is 5. The molecule has 148 valence electrons. The summed E-state index contributed by atoms with van der Waals surface area (Å²) in [6, 6.07) is 8.09. The van der Waals surface area contributed by atoms with Crippen LogP contribution in [-0.4, -0.2) is 63.4 Å². The fraction of sp³-hybridized carbons (Fsp3) is 0.450. The van der Waals surface area contributed by atoms with Gasteiger partial charge in [0.05, 0.1) is 30.4 Å². The highest BCUT2D eigenvalue weighted by atomic mass is 16.5. The Bertz CT molecular complexity index is 912. The van der Waals surface area contributed by atoms with Gasteiger partial charge in [0.1, 0.15) is 11.9 Å². The average Bonchev–Trinajstić information content (AvgIpc) is 3.33. The summed E-state index contributed by atoms with van der Waals surface area (Å²) in [5.41, 5.74) is 3.17. The lowest BCUT2D eigenvalue weighted by molar-refractivity contribution is -0.00803. The predicted octanol–water partition coefficient (Wildman–Crippen LogP) is 1.88. The summed E-state index contributed by atoms with van der Waals surface area (Å²) in [4.78, 5) is 15.1. The van der Waals surface area contributed by atoms with E-state index in [0.29, 0.717) is 13.2 Å². The van der Waals surface area contributed by atoms with Gasteiger partial charge in [-0.15, -0.1) is 0 Å². The van der Waals surface area contributed by atoms with E-state index >= 15 is 0 Å². The van der Waals surface area contributed by atoms with Crippen LogP contribution in [0.1, 0.15) is 24.4 Å². The van der Waals surface area contributed by atoms with Gasteiger partial charge in [0.15, 0.2) is 5.96 Å². The second-order valence-electron chi connectivity index (χ2n) is 6.94. The van der Waals surface area contributed by atoms with Crippen LogP contribution in [0, 0.1) is 0 Å². The topological polar surface area (TPSA) is 83.4 Å². The minimum absolute atomic E-state index is 0.0154. The largest absolute Gasteiger partial charge is 0.370 e. The molecule has 3 aromatic rings. The lowest BCUT2D eigenvalue weighted by Crippen LogP contribution is -2.48. The molecule has 0 bridgehead atoms. The molecule has 2 aromatic heterocycles. The van der Waals surface area contributed by atoms with Crippen LogP contribution in [0.4, 0.5) is 0 Å². The molecule has 0 saturated carbocycles. The molecule has 28 heavy (non-hydrogen) atoms. The van der Waals surface area contributed by atoms with Crippen molar-refractivity contribution < 1.29 is 4.74 Å². The molecule has 0 spiro atoms. The number of aryl methyl sites for hydroxylation is 1. The maximum Gasteiger partial charge on any atom is 0.194 e. The summed E-state index contributed by atoms with van der Waals surface area (Å²) >= 11 is 0. The van der Waals surface area contributed by atoms with Gasteiger partial charge < -0.3 is 19.9 Å². The number of imidazole rings is 1. The van der Waals surface area contributed by atoms with Crippen LogP contribution in [0.2, 0.25) is 0 Å². The second-order valence-corrected chi connectivity index (χ2v) is 6.94. The Hall–Kier alpha value is -2.87. The third-order valence-electron chi connectivity index (χ3n) is 4.85. The zero-order valence-electron chi connectivity index (χ0n) is 16.4. The summed E-state index contributed by atoms with van der Waals surface area (Å²) in [5.74, 6) is 1.90. The van der Waals surface area contributed by atoms with Crippen molar-refractivity contribution in [3.05, 3.63) is 48.0 Å². The Morgan fingerprint density at radius 3 is 3.07 bits per heavy atom. The van der Waals surface area contributed by atoms with Crippen molar-refractivity contribution in [2.75, 3.05) is 32.8 Å². The Balaban J connectivity index is 1.41. The van der Waals surface area contributed by atoms with Crippen LogP contribution in [-0.2, 0) is 18.2 Å². The molecule has 4 rings (SSSR count). The Morgan fingerprint density at radius 2 is 2.29 bits per heavy atom. The normalized spacial score (nSPS) is 18.0. The van der Waals surface area contributed by atoms with Crippen LogP contribution in [0.25, 0.3) is 11.0 Å². The summed E-state index contributed by atoms with van der Waals surface area (Å²) in [6.45, 7) is 5.87. The van der Waals surface area contributed by atoms with Crippen molar-refractivity contribution >= 4 is 17.0 Å². The molecule has 2 N–H and O–H groups in total. The molecule has 0 radical (unpaired) electrons. The highest BCUT2D eigenvalue weighted by molar-refractivity contribution is 5.80. The molecule has 8 heteroatoms. The smallest absolute Gasteiger partial charge is 0.194 e. The lowest BCUT2D eigenvalue weighted by atomic mass is 10.1. The van der Waals surface area contributed by atoms with E-state index in [1.165, 1.54) is 0 Å². The van der Waals surface area contributed by atoms with Gasteiger partial charge in [-0.1, -0.05) is 12.1 Å². The molecule has 0 amide bonds. The highest BCUT2D eigenvalue weighted by Gasteiger charge is 2.25. The van der Waals surface area contributed by atoms with E-state index in [9.17, 15) is 0 Å². The number of morpholine rings is 1. The van der Waals surface area contributed by atoms with Gasteiger partial charge in [0, 0.05) is 44.9 Å². The fourth-order valence-corrected chi connectivity index (χ4v) is 3.47. The van der Waals surface area contributed by atoms with Crippen LogP contribution in [0.15, 0.2) is 41.7 Å². The van der Waals surface area contributed by atoms with Gasteiger partial charge in [-0.3, -0.25) is 9.67 Å². The third-order valence-corrected chi connectivity index (χ3v) is 4.85. The number of nitrogens with zero attached hydrogens (tertiary/aromatic N) is 5. The van der Waals surface area contributed by atoms with E-state index in [2.05, 4.69) is 32.2 Å². The van der Waals surface area contributed by atoms with Gasteiger partial charge in [0.25, 0.3) is 0 Å². The SMILES string of the molecule is CCNC(=NCCc1nc2ccccc2[nH]1)N1CCOC(c2cnn(C)c2)C1. The van der Waals surface area contributed by atoms with E-state index < -0.39 is 0 Å². The number of H-pyrrole nitrogens is 1. The molecule has 1 unspecified atom stereocenters. The van der Waals surface area contributed by atoms with E-state index in [1.54, 1.807) is 0 Å². The number of ether oxygens (including phenoxy) is 1. The third kappa shape index (κ3) is 4.17. The minimum atomic E-state index is 0.0154. The quantitative estimate of drug-likeness (QED) is 0.521. The van der Waals surface area contributed by atoms with Crippen LogP contribution < -0.4 is 5.32 Å². The molecule has 1 aromatic carbocycles. The minimum Gasteiger partial charge on any atom is -0.370 e. The molecule has 3 heterocycles. The van der Waals surface area contributed by atoms with Crippen molar-refractivity contribution in [2.45, 2.75) is 19.4 Å². The Labute approximate surface area is 164 Å². The number of hydrogen-bond donors (Lipinski definition) is 2. The average molecular weight is 381 g/mol. The van der Waals surface area contributed by atoms with E-state index in [1.807, 2.05) is 48.4 Å². The number of aromatic nitrogens is 4. The van der Waals surface area contributed by atoms with Gasteiger partial charge in [0.2, 0.25) is 0 Å². The first kappa shape index (κ1) is 18.5. The molecule has 1 aliphatic rings. The van der Waals surface area contributed by atoms with Crippen molar-refractivity contribution in [3.63, 3.8) is 0 Å². The van der Waals surface area contributed by atoms with Gasteiger partial charge >= 0.3 is 0 Å². The molecule has 1 saturated heterocycles. The van der Waals surface area contributed by atoms with Crippen molar-refractivity contribution in [2.24, 2.45) is 12.0 Å². The van der Waals surface area contributed by atoms with E-state index in [-0.39, 0.29) is 6.10 Å². The van der Waals surface area contributed by atoms with E-state index in [4.69, 9.17) is 9.73 Å². The number of guanidine groups is 1. The number of para-hydroxylation sites is 2. The number of fused-ring (bicyclic) bond motifs is 1. The molecule has 1 atom stereocenters. The monoisotopic (exact) mass is 381 g/mol. The number of aromatic amines is 1. The Kier molecular flexibility index (Phi) is 5.57. The number of nitrogens with one attached hydrogen (secondary N) is 2. The summed E-state index contributed by atoms with van der Waals surface area (Å²) in [5, 5.41) is 7.67. The maximum absolute atomic E-state index is 5.95. The first-order valence-corrected chi connectivity index (χ1v) is 9.80. The van der Waals surface area contributed by atoms with Crippen molar-refractivity contribution in [3.8, 4) is 0 Å². The zero-order chi connectivity index (χ0) is 19.3. The first-order chi connectivity index (χ1) is 13.7. The van der Waals surface area contributed by atoms with Crippen molar-refractivity contribution in [1.82, 2.24) is 30.0 Å². The van der Waals surface area contributed by atoms with E-state index in [0.717, 1.165) is 54.4 Å². The molecule has 8 nitrogen and oxygen atoms in total. The summed E-state index contributed by atoms with van der Waals surface area (Å²) in [7, 11) is 1.92. The second kappa shape index (κ2) is 8.43. The van der Waals surface area contributed by atoms with Gasteiger partial charge in [-0.05, 0) is 19.1 Å². The number of benzene rings is 1. The molecular formula is C20H27N7O. The predicted molar refractivity (Wildman–Crippen MR) is 109 cm³/mol. The van der Waals surface area contributed by atoms with Crippen LogP contribution in [0.3, 0.4) is 0 Å². The highest BCUT2D eigenvalue weighted by Crippen LogP contribution is 2.21. The fourth-order valence-electron chi connectivity index (χ4n) is 3.47. The van der Waals surface area contributed by atoms with Gasteiger partial charge in [-0.25, -0.2) is 4.98 Å². The molecule has 1 aliphatic heterocycles. The number of hydrogen-bond acceptors (Lipinski definition) is 4. The molecule has 1 fully saturated rings. The summed E-state index contributed by atoms with van der Waals surface area (Å²) < 4.78 is 7.76. The standard InChI is InChI=1S/C20H27N7O/c1-3-21-20(22-9-8-19-24-16-6-4-5-7-17(16)25-19)27-10-11-28-18(14-27)15-12-23-26(2)13-15/h4-7,12-13,18H,3,8-11,14H2,1-2H3,(H,21,22)(H,24,25). The first-order valence-electron chi connectivity index (χ1n) is 9.80. The Morgan fingerprint density at radius 1 is 1.39 bits per heavy atom. The van der Waals surface area contributed by atoms with Crippen LogP contribution >= 0.6 is 0 Å². The van der Waals surface area contributed by atoms with Gasteiger partial charge in [-0.2, -0.15) is 5.10 Å². The lowest BCUT2D eigenvalue weighted by Gasteiger charge is -2.34. The molecule has 0 aliphatic carbocycles. The molecular weight excluding hydrogens is 354 g/mol. The maximum atomic E-state index is 5.95.